The van der Waals surface area contributed by atoms with Crippen molar-refractivity contribution in [2.45, 2.75) is 316 Å². The molecular formula is C52H103N2+. The molecule has 0 aliphatic rings. The molecule has 0 amide bonds. The van der Waals surface area contributed by atoms with Crippen LogP contribution in [-0.4, -0.2) is 4.57 Å². The van der Waals surface area contributed by atoms with Gasteiger partial charge in [0.05, 0.1) is 13.1 Å². The van der Waals surface area contributed by atoms with Crippen LogP contribution in [0.4, 0.5) is 0 Å². The van der Waals surface area contributed by atoms with Crippen LogP contribution in [0.15, 0.2) is 12.4 Å². The lowest BCUT2D eigenvalue weighted by Crippen LogP contribution is -2.37. The van der Waals surface area contributed by atoms with Gasteiger partial charge in [0.1, 0.15) is 12.4 Å². The van der Waals surface area contributed by atoms with Gasteiger partial charge in [-0.1, -0.05) is 265 Å². The second-order valence-electron chi connectivity index (χ2n) is 18.0. The van der Waals surface area contributed by atoms with Crippen LogP contribution in [0.3, 0.4) is 0 Å². The third-order valence-corrected chi connectivity index (χ3v) is 12.6. The van der Waals surface area contributed by atoms with Crippen molar-refractivity contribution >= 4 is 0 Å². The van der Waals surface area contributed by atoms with E-state index in [1.807, 2.05) is 0 Å². The number of aromatic nitrogens is 2. The fraction of sp³-hybridized carbons (Fsp3) is 0.942. The summed E-state index contributed by atoms with van der Waals surface area (Å²) in [5, 5.41) is 0. The molecule has 0 spiro atoms. The van der Waals surface area contributed by atoms with Gasteiger partial charge in [0.15, 0.2) is 0 Å². The summed E-state index contributed by atoms with van der Waals surface area (Å²) in [6.07, 6.45) is 68.3. The van der Waals surface area contributed by atoms with Crippen LogP contribution in [-0.2, 0) is 19.5 Å². The van der Waals surface area contributed by atoms with Gasteiger partial charge < -0.3 is 0 Å². The van der Waals surface area contributed by atoms with Gasteiger partial charge in [-0.05, 0) is 32.1 Å². The molecule has 320 valence electrons. The summed E-state index contributed by atoms with van der Waals surface area (Å²) in [4.78, 5) is 0. The Morgan fingerprint density at radius 2 is 0.574 bits per heavy atom. The molecule has 1 aromatic heterocycles. The van der Waals surface area contributed by atoms with Gasteiger partial charge >= 0.3 is 0 Å². The van der Waals surface area contributed by atoms with Gasteiger partial charge in [0.2, 0.25) is 0 Å². The Kier molecular flexibility index (Phi) is 41.1. The summed E-state index contributed by atoms with van der Waals surface area (Å²) in [6.45, 7) is 9.42. The Hall–Kier alpha value is -0.790. The van der Waals surface area contributed by atoms with Crippen LogP contribution >= 0.6 is 0 Å². The van der Waals surface area contributed by atoms with Gasteiger partial charge in [-0.2, -0.15) is 0 Å². The van der Waals surface area contributed by atoms with Crippen molar-refractivity contribution < 1.29 is 4.57 Å². The Bertz CT molecular complexity index is 826. The van der Waals surface area contributed by atoms with Crippen LogP contribution < -0.4 is 4.57 Å². The normalized spacial score (nSPS) is 11.7. The Morgan fingerprint density at radius 3 is 0.889 bits per heavy atom. The fourth-order valence-electron chi connectivity index (χ4n) is 8.80. The van der Waals surface area contributed by atoms with E-state index in [1.54, 1.807) is 5.82 Å². The van der Waals surface area contributed by atoms with E-state index in [4.69, 9.17) is 0 Å². The van der Waals surface area contributed by atoms with Crippen molar-refractivity contribution in [3.05, 3.63) is 18.2 Å². The van der Waals surface area contributed by atoms with Crippen molar-refractivity contribution in [3.8, 4) is 0 Å². The second kappa shape index (κ2) is 43.3. The van der Waals surface area contributed by atoms with E-state index in [-0.39, 0.29) is 0 Å². The molecule has 0 N–H and O–H groups in total. The zero-order valence-electron chi connectivity index (χ0n) is 38.1. The van der Waals surface area contributed by atoms with E-state index < -0.39 is 0 Å². The number of nitrogens with zero attached hydrogens (tertiary/aromatic N) is 2. The lowest BCUT2D eigenvalue weighted by atomic mass is 10.0. The SMILES string of the molecule is CCCCCCCCCCCCCCCCCCCc1n(CCCCCCCCCCCC)cc[n+]1CCCCCCCCCCCCCCCCCC. The molecule has 1 rings (SSSR count). The lowest BCUT2D eigenvalue weighted by Gasteiger charge is -2.07. The van der Waals surface area contributed by atoms with E-state index in [2.05, 4.69) is 42.3 Å². The summed E-state index contributed by atoms with van der Waals surface area (Å²) in [6, 6.07) is 0. The van der Waals surface area contributed by atoms with Crippen molar-refractivity contribution in [1.29, 1.82) is 0 Å². The van der Waals surface area contributed by atoms with E-state index in [1.165, 1.54) is 296 Å². The van der Waals surface area contributed by atoms with Crippen molar-refractivity contribution in [2.24, 2.45) is 0 Å². The lowest BCUT2D eigenvalue weighted by molar-refractivity contribution is -0.704. The average Bonchev–Trinajstić information content (AvgIpc) is 3.57. The smallest absolute Gasteiger partial charge is 0.234 e. The summed E-state index contributed by atoms with van der Waals surface area (Å²) >= 11 is 0. The van der Waals surface area contributed by atoms with E-state index in [0.717, 1.165) is 0 Å². The second-order valence-corrected chi connectivity index (χ2v) is 18.0. The number of hydrogen-bond acceptors (Lipinski definition) is 0. The molecular weight excluding hydrogens is 653 g/mol. The molecule has 0 radical (unpaired) electrons. The molecule has 2 heteroatoms. The zero-order chi connectivity index (χ0) is 38.7. The summed E-state index contributed by atoms with van der Waals surface area (Å²) in [5.41, 5.74) is 0. The minimum atomic E-state index is 1.23. The van der Waals surface area contributed by atoms with Gasteiger partial charge in [0.25, 0.3) is 5.82 Å². The first-order valence-corrected chi connectivity index (χ1v) is 25.9. The maximum Gasteiger partial charge on any atom is 0.256 e. The number of unbranched alkanes of at least 4 members (excludes halogenated alkanes) is 40. The van der Waals surface area contributed by atoms with E-state index >= 15 is 0 Å². The molecule has 1 heterocycles. The highest BCUT2D eigenvalue weighted by Gasteiger charge is 2.16. The van der Waals surface area contributed by atoms with Crippen molar-refractivity contribution in [2.75, 3.05) is 0 Å². The van der Waals surface area contributed by atoms with Crippen molar-refractivity contribution in [1.82, 2.24) is 4.57 Å². The molecule has 0 atom stereocenters. The van der Waals surface area contributed by atoms with Crippen LogP contribution in [0.5, 0.6) is 0 Å². The number of rotatable bonds is 46. The average molecular weight is 756 g/mol. The van der Waals surface area contributed by atoms with Crippen LogP contribution in [0.2, 0.25) is 0 Å². The third kappa shape index (κ3) is 34.5. The standard InChI is InChI=1S/C52H103N2/c1-4-7-10-13-16-19-22-24-26-28-29-31-33-35-38-41-44-47-52-53(48-45-42-39-36-21-18-15-12-9-6-3)50-51-54(52)49-46-43-40-37-34-32-30-27-25-23-20-17-14-11-8-5-2/h50-51H,4-49H2,1-3H3/q+1. The third-order valence-electron chi connectivity index (χ3n) is 12.6. The molecule has 1 aromatic rings. The topological polar surface area (TPSA) is 8.81 Å². The molecule has 0 saturated carbocycles. The van der Waals surface area contributed by atoms with Gasteiger partial charge in [-0.3, -0.25) is 0 Å². The number of imidazole rings is 1. The van der Waals surface area contributed by atoms with Crippen molar-refractivity contribution in [3.63, 3.8) is 0 Å². The Labute approximate surface area is 342 Å². The summed E-state index contributed by atoms with van der Waals surface area (Å²) in [7, 11) is 0. The molecule has 0 aromatic carbocycles. The van der Waals surface area contributed by atoms with Gasteiger partial charge in [-0.25, -0.2) is 9.13 Å². The van der Waals surface area contributed by atoms with Crippen LogP contribution in [0.25, 0.3) is 0 Å². The van der Waals surface area contributed by atoms with Gasteiger partial charge in [0, 0.05) is 6.42 Å². The zero-order valence-corrected chi connectivity index (χ0v) is 38.1. The first kappa shape index (κ1) is 51.2. The molecule has 0 aliphatic heterocycles. The number of hydrogen-bond donors (Lipinski definition) is 0. The summed E-state index contributed by atoms with van der Waals surface area (Å²) in [5.74, 6) is 1.63. The Balaban J connectivity index is 2.22. The highest BCUT2D eigenvalue weighted by Crippen LogP contribution is 2.17. The minimum absolute atomic E-state index is 1.23. The quantitative estimate of drug-likeness (QED) is 0.0463. The first-order valence-electron chi connectivity index (χ1n) is 25.9. The fourth-order valence-corrected chi connectivity index (χ4v) is 8.80. The predicted octanol–water partition coefficient (Wildman–Crippen LogP) is 18.2. The maximum atomic E-state index is 2.66. The monoisotopic (exact) mass is 756 g/mol. The van der Waals surface area contributed by atoms with E-state index in [9.17, 15) is 0 Å². The summed E-state index contributed by atoms with van der Waals surface area (Å²) < 4.78 is 5.32. The van der Waals surface area contributed by atoms with Gasteiger partial charge in [-0.15, -0.1) is 0 Å². The minimum Gasteiger partial charge on any atom is -0.234 e. The molecule has 0 aliphatic carbocycles. The highest BCUT2D eigenvalue weighted by molar-refractivity contribution is 4.84. The molecule has 2 nitrogen and oxygen atoms in total. The largest absolute Gasteiger partial charge is 0.256 e. The predicted molar refractivity (Wildman–Crippen MR) is 244 cm³/mol. The molecule has 54 heavy (non-hydrogen) atoms. The Morgan fingerprint density at radius 1 is 0.315 bits per heavy atom. The molecule has 0 unspecified atom stereocenters. The van der Waals surface area contributed by atoms with E-state index in [0.29, 0.717) is 0 Å². The maximum absolute atomic E-state index is 2.66. The highest BCUT2D eigenvalue weighted by atomic mass is 15.1. The molecule has 0 saturated heterocycles. The molecule has 0 fully saturated rings. The van der Waals surface area contributed by atoms with Crippen LogP contribution in [0.1, 0.15) is 303 Å². The number of aryl methyl sites for hydroxylation is 2. The van der Waals surface area contributed by atoms with Crippen LogP contribution in [0, 0.1) is 0 Å². The molecule has 0 bridgehead atoms. The first-order chi connectivity index (χ1) is 26.8.